The first kappa shape index (κ1) is 39.6. The first-order valence-corrected chi connectivity index (χ1v) is 14.0. The van der Waals surface area contributed by atoms with Gasteiger partial charge < -0.3 is 53.7 Å². The molecule has 1 atom stereocenters. The van der Waals surface area contributed by atoms with Crippen molar-refractivity contribution in [3.8, 4) is 0 Å². The molecule has 0 fully saturated rings. The van der Waals surface area contributed by atoms with Gasteiger partial charge in [0.15, 0.2) is 0 Å². The van der Waals surface area contributed by atoms with Crippen molar-refractivity contribution in [1.82, 2.24) is 5.32 Å². The van der Waals surface area contributed by atoms with Crippen molar-refractivity contribution in [2.45, 2.75) is 53.0 Å². The SMILES string of the molecule is CC(=O)OCOC(=O)CC(NCCCOCCOCCOCCOCCOCCCN)C(=O)OCOC(=O)C(C)(C)C. The van der Waals surface area contributed by atoms with Gasteiger partial charge in [0.25, 0.3) is 0 Å². The van der Waals surface area contributed by atoms with E-state index in [1.54, 1.807) is 20.8 Å². The zero-order valence-corrected chi connectivity index (χ0v) is 25.5. The highest BCUT2D eigenvalue weighted by Gasteiger charge is 2.26. The number of rotatable bonds is 27. The van der Waals surface area contributed by atoms with Gasteiger partial charge in [0.05, 0.1) is 64.7 Å². The summed E-state index contributed by atoms with van der Waals surface area (Å²) in [5.41, 5.74) is 4.62. The van der Waals surface area contributed by atoms with E-state index in [9.17, 15) is 19.2 Å². The standard InChI is InChI=1S/C27H50N2O13/c1-22(30)39-20-40-24(31)19-23(25(32)41-21-42-26(33)27(2,3)4)29-8-6-10-35-12-14-37-16-18-38-17-15-36-13-11-34-9-5-7-28/h23,29H,5-21,28H2,1-4H3. The molecule has 246 valence electrons. The molecule has 0 spiro atoms. The van der Waals surface area contributed by atoms with Gasteiger partial charge in [-0.15, -0.1) is 0 Å². The molecular formula is C27H50N2O13. The van der Waals surface area contributed by atoms with Crippen LogP contribution in [0.3, 0.4) is 0 Å². The second-order valence-corrected chi connectivity index (χ2v) is 9.80. The van der Waals surface area contributed by atoms with E-state index in [2.05, 4.69) is 10.1 Å². The third-order valence-corrected chi connectivity index (χ3v) is 4.98. The van der Waals surface area contributed by atoms with Crippen molar-refractivity contribution >= 4 is 23.9 Å². The zero-order valence-electron chi connectivity index (χ0n) is 25.5. The average Bonchev–Trinajstić information content (AvgIpc) is 2.92. The minimum Gasteiger partial charge on any atom is -0.428 e. The summed E-state index contributed by atoms with van der Waals surface area (Å²) in [6.45, 7) is 10.6. The van der Waals surface area contributed by atoms with E-state index in [0.717, 1.165) is 6.42 Å². The topological polar surface area (TPSA) is 189 Å². The highest BCUT2D eigenvalue weighted by molar-refractivity contribution is 5.83. The quantitative estimate of drug-likeness (QED) is 0.0734. The Kier molecular flexibility index (Phi) is 24.7. The lowest BCUT2D eigenvalue weighted by Gasteiger charge is -2.19. The molecule has 0 aromatic rings. The number of carbonyl (C=O) groups is 4. The van der Waals surface area contributed by atoms with Crippen LogP contribution in [0, 0.1) is 5.41 Å². The van der Waals surface area contributed by atoms with Crippen LogP contribution in [0.15, 0.2) is 0 Å². The van der Waals surface area contributed by atoms with Crippen LogP contribution in [0.1, 0.15) is 47.0 Å². The number of hydrogen-bond acceptors (Lipinski definition) is 15. The molecule has 0 saturated carbocycles. The van der Waals surface area contributed by atoms with Gasteiger partial charge in [0.1, 0.15) is 6.04 Å². The number of nitrogens with one attached hydrogen (secondary N) is 1. The summed E-state index contributed by atoms with van der Waals surface area (Å²) in [5, 5.41) is 2.90. The van der Waals surface area contributed by atoms with Gasteiger partial charge in [-0.05, 0) is 46.7 Å². The summed E-state index contributed by atoms with van der Waals surface area (Å²) in [6.07, 6.45) is 0.970. The van der Waals surface area contributed by atoms with E-state index < -0.39 is 48.9 Å². The van der Waals surface area contributed by atoms with Crippen LogP contribution in [0.2, 0.25) is 0 Å². The van der Waals surface area contributed by atoms with Crippen LogP contribution in [-0.2, 0) is 61.8 Å². The Morgan fingerprint density at radius 2 is 1.14 bits per heavy atom. The summed E-state index contributed by atoms with van der Waals surface area (Å²) in [5.74, 6) is -2.76. The molecule has 0 heterocycles. The number of hydrogen-bond donors (Lipinski definition) is 2. The minimum absolute atomic E-state index is 0.315. The molecule has 0 saturated heterocycles. The zero-order chi connectivity index (χ0) is 31.5. The largest absolute Gasteiger partial charge is 0.428 e. The van der Waals surface area contributed by atoms with Gasteiger partial charge in [-0.25, -0.2) is 0 Å². The second kappa shape index (κ2) is 26.2. The molecule has 0 aliphatic carbocycles. The lowest BCUT2D eigenvalue weighted by atomic mass is 9.98. The molecule has 0 rings (SSSR count). The highest BCUT2D eigenvalue weighted by atomic mass is 16.7. The average molecular weight is 611 g/mol. The van der Waals surface area contributed by atoms with Crippen LogP contribution in [-0.4, -0.2) is 123 Å². The van der Waals surface area contributed by atoms with Gasteiger partial charge in [-0.3, -0.25) is 19.2 Å². The molecule has 15 nitrogen and oxygen atoms in total. The second-order valence-electron chi connectivity index (χ2n) is 9.80. The third kappa shape index (κ3) is 25.3. The molecule has 0 aromatic heterocycles. The number of carbonyl (C=O) groups excluding carboxylic acids is 4. The predicted octanol–water partition coefficient (Wildman–Crippen LogP) is 0.310. The first-order chi connectivity index (χ1) is 20.1. The number of ether oxygens (including phenoxy) is 9. The predicted molar refractivity (Wildman–Crippen MR) is 148 cm³/mol. The molecule has 0 aromatic carbocycles. The fraction of sp³-hybridized carbons (Fsp3) is 0.852. The monoisotopic (exact) mass is 610 g/mol. The lowest BCUT2D eigenvalue weighted by molar-refractivity contribution is -0.177. The maximum Gasteiger partial charge on any atom is 0.326 e. The van der Waals surface area contributed by atoms with Crippen molar-refractivity contribution in [2.75, 3.05) is 92.7 Å². The molecule has 0 radical (unpaired) electrons. The van der Waals surface area contributed by atoms with E-state index >= 15 is 0 Å². The van der Waals surface area contributed by atoms with Crippen molar-refractivity contribution in [3.63, 3.8) is 0 Å². The molecule has 3 N–H and O–H groups in total. The van der Waals surface area contributed by atoms with E-state index in [4.69, 9.17) is 43.6 Å². The van der Waals surface area contributed by atoms with Crippen molar-refractivity contribution in [1.29, 1.82) is 0 Å². The Bertz CT molecular complexity index is 731. The first-order valence-electron chi connectivity index (χ1n) is 14.0. The van der Waals surface area contributed by atoms with Crippen molar-refractivity contribution < 1.29 is 61.8 Å². The fourth-order valence-electron chi connectivity index (χ4n) is 2.72. The van der Waals surface area contributed by atoms with Gasteiger partial charge in [-0.2, -0.15) is 0 Å². The summed E-state index contributed by atoms with van der Waals surface area (Å²) < 4.78 is 46.3. The molecule has 1 unspecified atom stereocenters. The highest BCUT2D eigenvalue weighted by Crippen LogP contribution is 2.15. The molecule has 0 aliphatic rings. The normalized spacial score (nSPS) is 12.0. The maximum atomic E-state index is 12.5. The Hall–Kier alpha value is -2.40. The van der Waals surface area contributed by atoms with Crippen LogP contribution in [0.4, 0.5) is 0 Å². The van der Waals surface area contributed by atoms with Crippen LogP contribution < -0.4 is 11.1 Å². The third-order valence-electron chi connectivity index (χ3n) is 4.98. The Labute approximate surface area is 248 Å². The van der Waals surface area contributed by atoms with Gasteiger partial charge in [0, 0.05) is 20.1 Å². The molecule has 0 bridgehead atoms. The molecule has 15 heteroatoms. The summed E-state index contributed by atoms with van der Waals surface area (Å²) >= 11 is 0. The van der Waals surface area contributed by atoms with E-state index in [-0.39, 0.29) is 6.42 Å². The molecule has 0 aliphatic heterocycles. The van der Waals surface area contributed by atoms with E-state index in [0.29, 0.717) is 85.6 Å². The summed E-state index contributed by atoms with van der Waals surface area (Å²) in [6, 6.07) is -1.08. The van der Waals surface area contributed by atoms with Gasteiger partial charge in [-0.1, -0.05) is 0 Å². The number of nitrogens with two attached hydrogens (primary N) is 1. The van der Waals surface area contributed by atoms with E-state index in [1.165, 1.54) is 6.92 Å². The van der Waals surface area contributed by atoms with Crippen molar-refractivity contribution in [3.05, 3.63) is 0 Å². The van der Waals surface area contributed by atoms with E-state index in [1.807, 2.05) is 0 Å². The maximum absolute atomic E-state index is 12.5. The van der Waals surface area contributed by atoms with Gasteiger partial charge >= 0.3 is 23.9 Å². The Morgan fingerprint density at radius 1 is 0.667 bits per heavy atom. The lowest BCUT2D eigenvalue weighted by Crippen LogP contribution is -2.41. The summed E-state index contributed by atoms with van der Waals surface area (Å²) in [4.78, 5) is 47.2. The Morgan fingerprint density at radius 3 is 1.62 bits per heavy atom. The smallest absolute Gasteiger partial charge is 0.326 e. The van der Waals surface area contributed by atoms with Crippen LogP contribution in [0.5, 0.6) is 0 Å². The molecule has 42 heavy (non-hydrogen) atoms. The minimum atomic E-state index is -1.08. The molecule has 0 amide bonds. The molecular weight excluding hydrogens is 560 g/mol. The Balaban J connectivity index is 4.02. The fourth-order valence-corrected chi connectivity index (χ4v) is 2.72. The van der Waals surface area contributed by atoms with Crippen LogP contribution >= 0.6 is 0 Å². The van der Waals surface area contributed by atoms with Crippen LogP contribution in [0.25, 0.3) is 0 Å². The van der Waals surface area contributed by atoms with Gasteiger partial charge in [0.2, 0.25) is 13.6 Å². The summed E-state index contributed by atoms with van der Waals surface area (Å²) in [7, 11) is 0. The number of esters is 4. The van der Waals surface area contributed by atoms with Crippen molar-refractivity contribution in [2.24, 2.45) is 11.1 Å².